The van der Waals surface area contributed by atoms with Gasteiger partial charge in [0.1, 0.15) is 17.2 Å². The number of carbonyl (C=O) groups excluding carboxylic acids is 2. The average Bonchev–Trinajstić information content (AvgIpc) is 3.10. The quantitative estimate of drug-likeness (QED) is 0.502. The maximum atomic E-state index is 13.0. The van der Waals surface area contributed by atoms with Crippen LogP contribution in [0.25, 0.3) is 10.2 Å². The maximum absolute atomic E-state index is 13.0. The number of anilines is 2. The zero-order valence-corrected chi connectivity index (χ0v) is 17.7. The van der Waals surface area contributed by atoms with Gasteiger partial charge in [-0.05, 0) is 43.2 Å². The van der Waals surface area contributed by atoms with Crippen LogP contribution in [0.1, 0.15) is 20.8 Å². The number of aryl methyl sites for hydroxylation is 2. The van der Waals surface area contributed by atoms with Crippen LogP contribution < -0.4 is 16.2 Å². The third-order valence-electron chi connectivity index (χ3n) is 4.76. The number of rotatable bonds is 5. The van der Waals surface area contributed by atoms with Crippen molar-refractivity contribution >= 4 is 44.9 Å². The summed E-state index contributed by atoms with van der Waals surface area (Å²) in [5.41, 5.74) is 1.82. The number of fused-ring (bicyclic) bond motifs is 1. The van der Waals surface area contributed by atoms with Crippen molar-refractivity contribution in [1.82, 2.24) is 14.5 Å². The monoisotopic (exact) mass is 433 g/mol. The Morgan fingerprint density at radius 1 is 1.03 bits per heavy atom. The third kappa shape index (κ3) is 4.22. The fourth-order valence-corrected chi connectivity index (χ4v) is 4.19. The van der Waals surface area contributed by atoms with Gasteiger partial charge in [0.05, 0.1) is 16.6 Å². The van der Waals surface area contributed by atoms with Gasteiger partial charge in [-0.1, -0.05) is 24.3 Å². The Hall–Kier alpha value is -3.85. The van der Waals surface area contributed by atoms with Crippen molar-refractivity contribution in [3.63, 3.8) is 0 Å². The highest BCUT2D eigenvalue weighted by atomic mass is 32.1. The zero-order valence-electron chi connectivity index (χ0n) is 16.9. The topological polar surface area (TPSA) is 106 Å². The maximum Gasteiger partial charge on any atom is 0.266 e. The van der Waals surface area contributed by atoms with Crippen molar-refractivity contribution in [2.75, 3.05) is 10.6 Å². The van der Waals surface area contributed by atoms with Crippen molar-refractivity contribution in [3.05, 3.63) is 81.3 Å². The van der Waals surface area contributed by atoms with Crippen LogP contribution >= 0.6 is 11.3 Å². The number of thiophene rings is 1. The molecule has 0 bridgehead atoms. The lowest BCUT2D eigenvalue weighted by Crippen LogP contribution is -2.28. The van der Waals surface area contributed by atoms with Gasteiger partial charge in [0.25, 0.3) is 11.5 Å². The fraction of sp³-hybridized carbons (Fsp3) is 0.136. The molecule has 2 N–H and O–H groups in total. The Kier molecular flexibility index (Phi) is 5.59. The molecule has 0 radical (unpaired) electrons. The second-order valence-corrected chi connectivity index (χ2v) is 7.95. The molecule has 4 rings (SSSR count). The Bertz CT molecular complexity index is 1340. The van der Waals surface area contributed by atoms with Gasteiger partial charge in [-0.15, -0.1) is 11.3 Å². The molecule has 3 heterocycles. The third-order valence-corrected chi connectivity index (χ3v) is 5.96. The van der Waals surface area contributed by atoms with Crippen LogP contribution in [0.15, 0.2) is 59.8 Å². The summed E-state index contributed by atoms with van der Waals surface area (Å²) in [6.07, 6.45) is 2.88. The number of carbonyl (C=O) groups is 2. The first-order valence-corrected chi connectivity index (χ1v) is 10.3. The number of nitrogens with one attached hydrogen (secondary N) is 2. The standard InChI is InChI=1S/C22H19N5O3S/c1-13-7-3-4-8-15(13)25-20(29)19-14(2)18-21(31-19)24-12-27(22(18)30)11-17(28)26-16-9-5-6-10-23-16/h3-10,12H,11H2,1-2H3,(H,25,29)(H,23,26,28). The number of nitrogens with zero attached hydrogens (tertiary/aromatic N) is 3. The molecule has 156 valence electrons. The number of hydrogen-bond donors (Lipinski definition) is 2. The van der Waals surface area contributed by atoms with E-state index in [1.54, 1.807) is 31.3 Å². The normalized spacial score (nSPS) is 10.8. The molecule has 0 unspecified atom stereocenters. The molecule has 9 heteroatoms. The predicted molar refractivity (Wildman–Crippen MR) is 121 cm³/mol. The highest BCUT2D eigenvalue weighted by Crippen LogP contribution is 2.28. The van der Waals surface area contributed by atoms with Crippen molar-refractivity contribution in [1.29, 1.82) is 0 Å². The number of benzene rings is 1. The van der Waals surface area contributed by atoms with Gasteiger partial charge in [-0.25, -0.2) is 9.97 Å². The minimum atomic E-state index is -0.396. The van der Waals surface area contributed by atoms with E-state index >= 15 is 0 Å². The van der Waals surface area contributed by atoms with E-state index in [0.29, 0.717) is 32.2 Å². The zero-order chi connectivity index (χ0) is 22.0. The van der Waals surface area contributed by atoms with Gasteiger partial charge in [-0.2, -0.15) is 0 Å². The number of pyridine rings is 1. The van der Waals surface area contributed by atoms with Crippen LogP contribution in [0.5, 0.6) is 0 Å². The van der Waals surface area contributed by atoms with Gasteiger partial charge in [0.15, 0.2) is 0 Å². The van der Waals surface area contributed by atoms with Crippen LogP contribution in [-0.2, 0) is 11.3 Å². The van der Waals surface area contributed by atoms with Crippen LogP contribution in [0.2, 0.25) is 0 Å². The van der Waals surface area contributed by atoms with Gasteiger partial charge in [-0.3, -0.25) is 19.0 Å². The van der Waals surface area contributed by atoms with Gasteiger partial charge < -0.3 is 10.6 Å². The number of aromatic nitrogens is 3. The highest BCUT2D eigenvalue weighted by molar-refractivity contribution is 7.20. The molecule has 3 aromatic heterocycles. The second-order valence-electron chi connectivity index (χ2n) is 6.95. The van der Waals surface area contributed by atoms with Gasteiger partial charge in [0, 0.05) is 11.9 Å². The summed E-state index contributed by atoms with van der Waals surface area (Å²) in [7, 11) is 0. The van der Waals surface area contributed by atoms with Crippen LogP contribution in [0, 0.1) is 13.8 Å². The molecule has 0 aliphatic rings. The van der Waals surface area contributed by atoms with Crippen molar-refractivity contribution < 1.29 is 9.59 Å². The first kappa shape index (κ1) is 20.4. The Morgan fingerprint density at radius 2 is 1.81 bits per heavy atom. The molecule has 0 saturated heterocycles. The van der Waals surface area contributed by atoms with E-state index in [0.717, 1.165) is 16.9 Å². The van der Waals surface area contributed by atoms with E-state index in [1.807, 2.05) is 31.2 Å². The van der Waals surface area contributed by atoms with Crippen molar-refractivity contribution in [2.45, 2.75) is 20.4 Å². The van der Waals surface area contributed by atoms with Crippen LogP contribution in [0.3, 0.4) is 0 Å². The molecule has 0 aliphatic carbocycles. The summed E-state index contributed by atoms with van der Waals surface area (Å²) in [6, 6.07) is 12.6. The Morgan fingerprint density at radius 3 is 2.55 bits per heavy atom. The number of amides is 2. The minimum absolute atomic E-state index is 0.210. The van der Waals surface area contributed by atoms with E-state index in [2.05, 4.69) is 20.6 Å². The summed E-state index contributed by atoms with van der Waals surface area (Å²) >= 11 is 1.15. The summed E-state index contributed by atoms with van der Waals surface area (Å²) < 4.78 is 1.23. The molecular weight excluding hydrogens is 414 g/mol. The van der Waals surface area contributed by atoms with Crippen LogP contribution in [-0.4, -0.2) is 26.3 Å². The molecule has 8 nitrogen and oxygen atoms in total. The van der Waals surface area contributed by atoms with Crippen LogP contribution in [0.4, 0.5) is 11.5 Å². The summed E-state index contributed by atoms with van der Waals surface area (Å²) in [6.45, 7) is 3.41. The Labute approximate surface area is 181 Å². The smallest absolute Gasteiger partial charge is 0.266 e. The molecular formula is C22H19N5O3S. The molecule has 0 aliphatic heterocycles. The fourth-order valence-electron chi connectivity index (χ4n) is 3.15. The number of para-hydroxylation sites is 1. The molecule has 31 heavy (non-hydrogen) atoms. The lowest BCUT2D eigenvalue weighted by Gasteiger charge is -2.07. The summed E-state index contributed by atoms with van der Waals surface area (Å²) in [5, 5.41) is 5.86. The highest BCUT2D eigenvalue weighted by Gasteiger charge is 2.20. The van der Waals surface area contributed by atoms with Crippen molar-refractivity contribution in [3.8, 4) is 0 Å². The molecule has 0 spiro atoms. The summed E-state index contributed by atoms with van der Waals surface area (Å²) in [4.78, 5) is 47.3. The first-order chi connectivity index (χ1) is 14.9. The average molecular weight is 433 g/mol. The van der Waals surface area contributed by atoms with Gasteiger partial charge in [0.2, 0.25) is 5.91 Å². The molecule has 0 atom stereocenters. The van der Waals surface area contributed by atoms with E-state index < -0.39 is 5.91 Å². The predicted octanol–water partition coefficient (Wildman–Crippen LogP) is 3.36. The minimum Gasteiger partial charge on any atom is -0.321 e. The van der Waals surface area contributed by atoms with Gasteiger partial charge >= 0.3 is 0 Å². The molecule has 0 fully saturated rings. The van der Waals surface area contributed by atoms with E-state index in [9.17, 15) is 14.4 Å². The van der Waals surface area contributed by atoms with E-state index in [1.165, 1.54) is 10.9 Å². The van der Waals surface area contributed by atoms with E-state index in [-0.39, 0.29) is 18.0 Å². The molecule has 1 aromatic carbocycles. The number of hydrogen-bond acceptors (Lipinski definition) is 6. The van der Waals surface area contributed by atoms with Crippen molar-refractivity contribution in [2.24, 2.45) is 0 Å². The lowest BCUT2D eigenvalue weighted by molar-refractivity contribution is -0.116. The Balaban J connectivity index is 1.60. The second kappa shape index (κ2) is 8.49. The largest absolute Gasteiger partial charge is 0.321 e. The molecule has 2 amide bonds. The molecule has 0 saturated carbocycles. The summed E-state index contributed by atoms with van der Waals surface area (Å²) in [5.74, 6) is -0.294. The SMILES string of the molecule is Cc1ccccc1NC(=O)c1sc2ncn(CC(=O)Nc3ccccn3)c(=O)c2c1C. The molecule has 4 aromatic rings. The first-order valence-electron chi connectivity index (χ1n) is 9.50. The lowest BCUT2D eigenvalue weighted by atomic mass is 10.2. The van der Waals surface area contributed by atoms with E-state index in [4.69, 9.17) is 0 Å².